The molecule has 1 aliphatic heterocycles. The van der Waals surface area contributed by atoms with Crippen LogP contribution in [0, 0.1) is 5.92 Å². The van der Waals surface area contributed by atoms with E-state index >= 15 is 0 Å². The number of likely N-dealkylation sites (tertiary alicyclic amines) is 1. The molecule has 2 heteroatoms. The van der Waals surface area contributed by atoms with Crippen LogP contribution >= 0.6 is 0 Å². The Labute approximate surface area is 122 Å². The van der Waals surface area contributed by atoms with E-state index in [2.05, 4.69) is 17.9 Å². The summed E-state index contributed by atoms with van der Waals surface area (Å²) in [5, 5.41) is 9.82. The van der Waals surface area contributed by atoms with Gasteiger partial charge in [0, 0.05) is 18.5 Å². The highest BCUT2D eigenvalue weighted by atomic mass is 16.3. The minimum atomic E-state index is 0.281. The lowest BCUT2D eigenvalue weighted by Gasteiger charge is -2.30. The van der Waals surface area contributed by atoms with Crippen molar-refractivity contribution in [2.45, 2.75) is 50.9 Å². The van der Waals surface area contributed by atoms with Crippen molar-refractivity contribution in [2.75, 3.05) is 19.6 Å². The number of hydrogen-bond donors (Lipinski definition) is 1. The maximum atomic E-state index is 9.82. The fourth-order valence-corrected chi connectivity index (χ4v) is 3.71. The topological polar surface area (TPSA) is 23.5 Å². The van der Waals surface area contributed by atoms with Gasteiger partial charge in [-0.2, -0.15) is 0 Å². The third-order valence-electron chi connectivity index (χ3n) is 5.11. The van der Waals surface area contributed by atoms with E-state index in [9.17, 15) is 5.11 Å². The first-order valence-electron chi connectivity index (χ1n) is 8.24. The van der Waals surface area contributed by atoms with Crippen LogP contribution in [0.25, 0.3) is 0 Å². The molecule has 20 heavy (non-hydrogen) atoms. The van der Waals surface area contributed by atoms with E-state index in [0.717, 1.165) is 5.92 Å². The summed E-state index contributed by atoms with van der Waals surface area (Å²) < 4.78 is 0. The van der Waals surface area contributed by atoms with Crippen molar-refractivity contribution in [3.63, 3.8) is 0 Å². The molecule has 2 aliphatic rings. The molecule has 1 aromatic rings. The van der Waals surface area contributed by atoms with Crippen LogP contribution in [0.1, 0.15) is 51.0 Å². The summed E-state index contributed by atoms with van der Waals surface area (Å²) in [4.78, 5) is 2.66. The van der Waals surface area contributed by atoms with E-state index in [1.165, 1.54) is 63.7 Å². The monoisotopic (exact) mass is 273 g/mol. The van der Waals surface area contributed by atoms with E-state index in [-0.39, 0.29) is 5.41 Å². The average molecular weight is 273 g/mol. The van der Waals surface area contributed by atoms with Crippen LogP contribution in [0.4, 0.5) is 0 Å². The molecule has 0 spiro atoms. The number of phenolic OH excluding ortho intramolecular Hbond substituents is 1. The third-order valence-corrected chi connectivity index (χ3v) is 5.11. The first-order chi connectivity index (χ1) is 9.72. The normalized spacial score (nSPS) is 27.1. The number of benzene rings is 1. The lowest BCUT2D eigenvalue weighted by molar-refractivity contribution is 0.289. The van der Waals surface area contributed by atoms with Crippen LogP contribution in [0.2, 0.25) is 0 Å². The SMILES string of the molecule is CCCC[C@@]1(c2cccc(O)c2)CCN(CC2CC2)C1. The highest BCUT2D eigenvalue weighted by molar-refractivity contribution is 5.34. The van der Waals surface area contributed by atoms with Gasteiger partial charge >= 0.3 is 0 Å². The summed E-state index contributed by atoms with van der Waals surface area (Å²) in [5.41, 5.74) is 1.63. The van der Waals surface area contributed by atoms with Crippen LogP contribution in [0.3, 0.4) is 0 Å². The Kier molecular flexibility index (Phi) is 4.02. The highest BCUT2D eigenvalue weighted by Crippen LogP contribution is 2.41. The van der Waals surface area contributed by atoms with E-state index in [0.29, 0.717) is 5.75 Å². The second-order valence-electron chi connectivity index (χ2n) is 6.86. The molecular formula is C18H27NO. The van der Waals surface area contributed by atoms with E-state index < -0.39 is 0 Å². The molecule has 0 unspecified atom stereocenters. The molecule has 2 fully saturated rings. The molecule has 1 atom stereocenters. The average Bonchev–Trinajstić information content (AvgIpc) is 3.16. The van der Waals surface area contributed by atoms with Gasteiger partial charge in [-0.25, -0.2) is 0 Å². The lowest BCUT2D eigenvalue weighted by Crippen LogP contribution is -2.32. The van der Waals surface area contributed by atoms with Crippen LogP contribution < -0.4 is 0 Å². The molecule has 3 rings (SSSR count). The number of hydrogen-bond acceptors (Lipinski definition) is 2. The van der Waals surface area contributed by atoms with Gasteiger partial charge in [-0.1, -0.05) is 31.9 Å². The van der Waals surface area contributed by atoms with Gasteiger partial charge in [0.15, 0.2) is 0 Å². The van der Waals surface area contributed by atoms with Crippen LogP contribution in [0.5, 0.6) is 5.75 Å². The molecule has 0 bridgehead atoms. The zero-order valence-electron chi connectivity index (χ0n) is 12.6. The fraction of sp³-hybridized carbons (Fsp3) is 0.667. The maximum Gasteiger partial charge on any atom is 0.115 e. The molecule has 1 saturated carbocycles. The maximum absolute atomic E-state index is 9.82. The fourth-order valence-electron chi connectivity index (χ4n) is 3.71. The first kappa shape index (κ1) is 13.9. The molecule has 1 N–H and O–H groups in total. The highest BCUT2D eigenvalue weighted by Gasteiger charge is 2.40. The number of rotatable bonds is 6. The van der Waals surface area contributed by atoms with Crippen molar-refractivity contribution in [3.05, 3.63) is 29.8 Å². The number of unbranched alkanes of at least 4 members (excludes halogenated alkanes) is 1. The van der Waals surface area contributed by atoms with Gasteiger partial charge in [0.2, 0.25) is 0 Å². The van der Waals surface area contributed by atoms with Gasteiger partial charge in [-0.05, 0) is 55.8 Å². The standard InChI is InChI=1S/C18H27NO/c1-2-3-9-18(16-5-4-6-17(20)12-16)10-11-19(14-18)13-15-7-8-15/h4-6,12,15,20H,2-3,7-11,13-14H2,1H3/t18-/m1/s1. The van der Waals surface area contributed by atoms with Gasteiger partial charge < -0.3 is 10.0 Å². The van der Waals surface area contributed by atoms with Gasteiger partial charge in [0.05, 0.1) is 0 Å². The molecule has 2 nitrogen and oxygen atoms in total. The van der Waals surface area contributed by atoms with Crippen LogP contribution in [-0.2, 0) is 5.41 Å². The van der Waals surface area contributed by atoms with Crippen LogP contribution in [0.15, 0.2) is 24.3 Å². The van der Waals surface area contributed by atoms with E-state index in [1.54, 1.807) is 6.07 Å². The second kappa shape index (κ2) is 5.77. The van der Waals surface area contributed by atoms with Gasteiger partial charge in [0.1, 0.15) is 5.75 Å². The Morgan fingerprint density at radius 2 is 2.20 bits per heavy atom. The van der Waals surface area contributed by atoms with Crippen molar-refractivity contribution in [2.24, 2.45) is 5.92 Å². The van der Waals surface area contributed by atoms with Gasteiger partial charge in [-0.3, -0.25) is 0 Å². The van der Waals surface area contributed by atoms with Crippen molar-refractivity contribution < 1.29 is 5.11 Å². The molecule has 0 amide bonds. The lowest BCUT2D eigenvalue weighted by atomic mass is 9.75. The molecule has 1 aromatic carbocycles. The predicted molar refractivity (Wildman–Crippen MR) is 83.1 cm³/mol. The Hall–Kier alpha value is -1.02. The molecule has 0 radical (unpaired) electrons. The quantitative estimate of drug-likeness (QED) is 0.848. The molecule has 1 saturated heterocycles. The minimum absolute atomic E-state index is 0.281. The van der Waals surface area contributed by atoms with E-state index in [4.69, 9.17) is 0 Å². The Morgan fingerprint density at radius 3 is 2.90 bits per heavy atom. The van der Waals surface area contributed by atoms with Crippen LogP contribution in [-0.4, -0.2) is 29.6 Å². The molecule has 110 valence electrons. The largest absolute Gasteiger partial charge is 0.508 e. The van der Waals surface area contributed by atoms with Gasteiger partial charge in [0.25, 0.3) is 0 Å². The summed E-state index contributed by atoms with van der Waals surface area (Å²) in [6, 6.07) is 8.00. The Balaban J connectivity index is 1.77. The molecule has 1 heterocycles. The van der Waals surface area contributed by atoms with Crippen molar-refractivity contribution in [1.29, 1.82) is 0 Å². The number of aromatic hydroxyl groups is 1. The zero-order chi connectivity index (χ0) is 14.0. The summed E-state index contributed by atoms with van der Waals surface area (Å²) >= 11 is 0. The smallest absolute Gasteiger partial charge is 0.115 e. The number of phenols is 1. The Bertz CT molecular complexity index is 454. The zero-order valence-corrected chi connectivity index (χ0v) is 12.6. The molecule has 1 aliphatic carbocycles. The summed E-state index contributed by atoms with van der Waals surface area (Å²) in [6.07, 6.45) is 7.92. The van der Waals surface area contributed by atoms with Gasteiger partial charge in [-0.15, -0.1) is 0 Å². The number of nitrogens with zero attached hydrogens (tertiary/aromatic N) is 1. The summed E-state index contributed by atoms with van der Waals surface area (Å²) in [6.45, 7) is 5.99. The van der Waals surface area contributed by atoms with Crippen molar-refractivity contribution in [3.8, 4) is 5.75 Å². The summed E-state index contributed by atoms with van der Waals surface area (Å²) in [5.74, 6) is 1.39. The Morgan fingerprint density at radius 1 is 1.35 bits per heavy atom. The molecular weight excluding hydrogens is 246 g/mol. The summed E-state index contributed by atoms with van der Waals surface area (Å²) in [7, 11) is 0. The van der Waals surface area contributed by atoms with E-state index in [1.807, 2.05) is 12.1 Å². The van der Waals surface area contributed by atoms with Crippen molar-refractivity contribution >= 4 is 0 Å². The minimum Gasteiger partial charge on any atom is -0.508 e. The first-order valence-corrected chi connectivity index (χ1v) is 8.24. The van der Waals surface area contributed by atoms with Crippen molar-refractivity contribution in [1.82, 2.24) is 4.90 Å². The third kappa shape index (κ3) is 3.01. The predicted octanol–water partition coefficient (Wildman–Crippen LogP) is 3.94. The second-order valence-corrected chi connectivity index (χ2v) is 6.86. The molecule has 0 aromatic heterocycles.